The number of imide groups is 1. The van der Waals surface area contributed by atoms with E-state index in [1.165, 1.54) is 0 Å². The van der Waals surface area contributed by atoms with Crippen molar-refractivity contribution in [3.63, 3.8) is 0 Å². The lowest BCUT2D eigenvalue weighted by Crippen LogP contribution is -2.55. The number of hydrogen-bond donors (Lipinski definition) is 2. The van der Waals surface area contributed by atoms with Crippen LogP contribution in [0, 0.1) is 0 Å². The van der Waals surface area contributed by atoms with Crippen molar-refractivity contribution in [3.8, 4) is 0 Å². The molecule has 1 aliphatic rings. The smallest absolute Gasteiger partial charge is 0.318 e. The van der Waals surface area contributed by atoms with E-state index in [2.05, 4.69) is 29.1 Å². The van der Waals surface area contributed by atoms with E-state index in [4.69, 9.17) is 5.73 Å². The first-order chi connectivity index (χ1) is 9.99. The van der Waals surface area contributed by atoms with Crippen molar-refractivity contribution in [2.24, 2.45) is 5.73 Å². The van der Waals surface area contributed by atoms with E-state index in [0.29, 0.717) is 0 Å². The van der Waals surface area contributed by atoms with Crippen molar-refractivity contribution in [2.45, 2.75) is 19.0 Å². The second kappa shape index (κ2) is 6.69. The van der Waals surface area contributed by atoms with E-state index in [1.807, 2.05) is 30.3 Å². The summed E-state index contributed by atoms with van der Waals surface area (Å²) in [5, 5.41) is 2.22. The molecule has 21 heavy (non-hydrogen) atoms. The summed E-state index contributed by atoms with van der Waals surface area (Å²) >= 11 is 0. The van der Waals surface area contributed by atoms with Gasteiger partial charge >= 0.3 is 6.03 Å². The average Bonchev–Trinajstić information content (AvgIpc) is 2.42. The normalized spacial score (nSPS) is 21.7. The van der Waals surface area contributed by atoms with E-state index in [-0.39, 0.29) is 11.9 Å². The third kappa shape index (κ3) is 3.80. The number of benzene rings is 1. The lowest BCUT2D eigenvalue weighted by Gasteiger charge is -2.42. The van der Waals surface area contributed by atoms with Crippen LogP contribution in [0.15, 0.2) is 30.3 Å². The molecule has 6 nitrogen and oxygen atoms in total. The third-order valence-electron chi connectivity index (χ3n) is 3.82. The van der Waals surface area contributed by atoms with Crippen LogP contribution in [-0.4, -0.2) is 54.5 Å². The molecule has 0 aromatic heterocycles. The van der Waals surface area contributed by atoms with Gasteiger partial charge in [0.25, 0.3) is 0 Å². The van der Waals surface area contributed by atoms with Crippen LogP contribution in [0.25, 0.3) is 0 Å². The van der Waals surface area contributed by atoms with E-state index in [0.717, 1.165) is 25.2 Å². The Morgan fingerprint density at radius 3 is 2.52 bits per heavy atom. The minimum absolute atomic E-state index is 0.215. The van der Waals surface area contributed by atoms with Crippen molar-refractivity contribution < 1.29 is 9.59 Å². The predicted octanol–water partition coefficient (Wildman–Crippen LogP) is 0.559. The van der Waals surface area contributed by atoms with Crippen molar-refractivity contribution in [1.29, 1.82) is 0 Å². The highest BCUT2D eigenvalue weighted by Gasteiger charge is 2.34. The van der Waals surface area contributed by atoms with Crippen LogP contribution in [0.5, 0.6) is 0 Å². The van der Waals surface area contributed by atoms with Crippen LogP contribution in [0.1, 0.15) is 18.5 Å². The summed E-state index contributed by atoms with van der Waals surface area (Å²) in [6, 6.07) is 8.38. The second-order valence-corrected chi connectivity index (χ2v) is 5.52. The first-order valence-electron chi connectivity index (χ1n) is 7.08. The Balaban J connectivity index is 2.27. The van der Waals surface area contributed by atoms with Gasteiger partial charge in [-0.05, 0) is 19.5 Å². The molecule has 0 bridgehead atoms. The van der Waals surface area contributed by atoms with Gasteiger partial charge in [-0.15, -0.1) is 0 Å². The molecular weight excluding hydrogens is 268 g/mol. The van der Waals surface area contributed by atoms with Crippen molar-refractivity contribution in [2.75, 3.05) is 26.7 Å². The molecule has 1 aromatic carbocycles. The quantitative estimate of drug-likeness (QED) is 0.852. The van der Waals surface area contributed by atoms with Crippen molar-refractivity contribution in [1.82, 2.24) is 15.1 Å². The first-order valence-corrected chi connectivity index (χ1v) is 7.08. The van der Waals surface area contributed by atoms with Crippen molar-refractivity contribution in [3.05, 3.63) is 35.9 Å². The number of carbonyl (C=O) groups is 2. The molecule has 0 unspecified atom stereocenters. The summed E-state index contributed by atoms with van der Waals surface area (Å²) in [6.45, 7) is 4.62. The summed E-state index contributed by atoms with van der Waals surface area (Å²) in [4.78, 5) is 27.8. The van der Waals surface area contributed by atoms with Crippen LogP contribution in [0.2, 0.25) is 0 Å². The maximum absolute atomic E-state index is 12.4. The standard InChI is InChI=1S/C15H22N4O2/c1-11-10-18(2)8-9-19(11)13(14(20)17-15(16)21)12-6-4-3-5-7-12/h3-7,11,13H,8-10H2,1-2H3,(H3,16,17,20,21)/t11-,13-/m1/s1. The van der Waals surface area contributed by atoms with Crippen LogP contribution >= 0.6 is 0 Å². The number of hydrogen-bond acceptors (Lipinski definition) is 4. The van der Waals surface area contributed by atoms with Gasteiger partial charge in [-0.2, -0.15) is 0 Å². The average molecular weight is 290 g/mol. The molecule has 0 radical (unpaired) electrons. The molecular formula is C15H22N4O2. The topological polar surface area (TPSA) is 78.7 Å². The largest absolute Gasteiger partial charge is 0.351 e. The molecule has 0 spiro atoms. The molecule has 1 saturated heterocycles. The maximum atomic E-state index is 12.4. The van der Waals surface area contributed by atoms with Crippen LogP contribution < -0.4 is 11.1 Å². The van der Waals surface area contributed by atoms with Crippen LogP contribution in [0.3, 0.4) is 0 Å². The number of nitrogens with one attached hydrogen (secondary N) is 1. The summed E-state index contributed by atoms with van der Waals surface area (Å²) in [6.07, 6.45) is 0. The Labute approximate surface area is 124 Å². The fraction of sp³-hybridized carbons (Fsp3) is 0.467. The molecule has 1 fully saturated rings. The van der Waals surface area contributed by atoms with Gasteiger partial charge < -0.3 is 10.6 Å². The molecule has 1 aromatic rings. The summed E-state index contributed by atoms with van der Waals surface area (Å²) in [5.41, 5.74) is 5.97. The Kier molecular flexibility index (Phi) is 4.93. The Morgan fingerprint density at radius 2 is 1.95 bits per heavy atom. The van der Waals surface area contributed by atoms with Gasteiger partial charge in [0.15, 0.2) is 0 Å². The van der Waals surface area contributed by atoms with E-state index in [9.17, 15) is 9.59 Å². The minimum Gasteiger partial charge on any atom is -0.351 e. The van der Waals surface area contributed by atoms with Crippen LogP contribution in [-0.2, 0) is 4.79 Å². The first kappa shape index (κ1) is 15.5. The Morgan fingerprint density at radius 1 is 1.29 bits per heavy atom. The zero-order valence-electron chi connectivity index (χ0n) is 12.5. The molecule has 1 aliphatic heterocycles. The predicted molar refractivity (Wildman–Crippen MR) is 80.6 cm³/mol. The highest BCUT2D eigenvalue weighted by molar-refractivity contribution is 5.96. The number of nitrogens with two attached hydrogens (primary N) is 1. The maximum Gasteiger partial charge on any atom is 0.318 e. The molecule has 0 aliphatic carbocycles. The van der Waals surface area contributed by atoms with Gasteiger partial charge in [0.2, 0.25) is 5.91 Å². The van der Waals surface area contributed by atoms with Gasteiger partial charge in [0.05, 0.1) is 0 Å². The summed E-state index contributed by atoms with van der Waals surface area (Å²) in [5.74, 6) is -0.370. The minimum atomic E-state index is -0.817. The zero-order chi connectivity index (χ0) is 15.4. The lowest BCUT2D eigenvalue weighted by atomic mass is 10.0. The SMILES string of the molecule is C[C@@H]1CN(C)CCN1[C@@H](C(=O)NC(N)=O)c1ccccc1. The molecule has 114 valence electrons. The third-order valence-corrected chi connectivity index (χ3v) is 3.82. The highest BCUT2D eigenvalue weighted by Crippen LogP contribution is 2.25. The van der Waals surface area contributed by atoms with Gasteiger partial charge in [-0.3, -0.25) is 15.0 Å². The van der Waals surface area contributed by atoms with E-state index >= 15 is 0 Å². The lowest BCUT2D eigenvalue weighted by molar-refractivity contribution is -0.127. The zero-order valence-corrected chi connectivity index (χ0v) is 12.5. The number of amides is 3. The molecule has 0 saturated carbocycles. The molecule has 2 atom stereocenters. The highest BCUT2D eigenvalue weighted by atomic mass is 16.2. The number of primary amides is 1. The van der Waals surface area contributed by atoms with Gasteiger partial charge in [0.1, 0.15) is 6.04 Å². The fourth-order valence-corrected chi connectivity index (χ4v) is 2.86. The van der Waals surface area contributed by atoms with Gasteiger partial charge in [0, 0.05) is 25.7 Å². The number of likely N-dealkylation sites (N-methyl/N-ethyl adjacent to an activating group) is 1. The summed E-state index contributed by atoms with van der Waals surface area (Å²) < 4.78 is 0. The monoisotopic (exact) mass is 290 g/mol. The number of rotatable bonds is 3. The molecule has 2 rings (SSSR count). The number of urea groups is 1. The molecule has 3 N–H and O–H groups in total. The van der Waals surface area contributed by atoms with Gasteiger partial charge in [-0.25, -0.2) is 4.79 Å². The molecule has 3 amide bonds. The van der Waals surface area contributed by atoms with E-state index < -0.39 is 12.1 Å². The fourth-order valence-electron chi connectivity index (χ4n) is 2.86. The van der Waals surface area contributed by atoms with Crippen LogP contribution in [0.4, 0.5) is 4.79 Å². The number of carbonyl (C=O) groups excluding carboxylic acids is 2. The molecule has 6 heteroatoms. The van der Waals surface area contributed by atoms with Gasteiger partial charge in [-0.1, -0.05) is 30.3 Å². The number of nitrogens with zero attached hydrogens (tertiary/aromatic N) is 2. The molecule has 1 heterocycles. The number of piperazine rings is 1. The summed E-state index contributed by atoms with van der Waals surface area (Å²) in [7, 11) is 2.06. The van der Waals surface area contributed by atoms with Crippen molar-refractivity contribution >= 4 is 11.9 Å². The Bertz CT molecular complexity index is 506. The Hall–Kier alpha value is -1.92. The second-order valence-electron chi connectivity index (χ2n) is 5.52. The van der Waals surface area contributed by atoms with E-state index in [1.54, 1.807) is 0 Å².